The van der Waals surface area contributed by atoms with Gasteiger partial charge in [-0.2, -0.15) is 0 Å². The van der Waals surface area contributed by atoms with Gasteiger partial charge < -0.3 is 5.32 Å². The van der Waals surface area contributed by atoms with Gasteiger partial charge in [-0.15, -0.1) is 0 Å². The Labute approximate surface area is 86.7 Å². The third-order valence-electron chi connectivity index (χ3n) is 3.12. The summed E-state index contributed by atoms with van der Waals surface area (Å²) in [5.41, 5.74) is 2.87. The van der Waals surface area contributed by atoms with Crippen LogP contribution >= 0.6 is 15.9 Å². The van der Waals surface area contributed by atoms with E-state index in [0.29, 0.717) is 0 Å². The van der Waals surface area contributed by atoms with E-state index in [0.717, 1.165) is 18.4 Å². The summed E-state index contributed by atoms with van der Waals surface area (Å²) in [7, 11) is 0. The summed E-state index contributed by atoms with van der Waals surface area (Å²) in [6.45, 7) is 1.15. The summed E-state index contributed by atoms with van der Waals surface area (Å²) in [6.07, 6.45) is 2.86. The lowest BCUT2D eigenvalue weighted by molar-refractivity contribution is 0.659. The SMILES string of the molecule is Brc1ccc2c(c1)C(C1CC1)CN2. The minimum atomic E-state index is 0.785. The maximum Gasteiger partial charge on any atom is 0.0377 e. The minimum absolute atomic E-state index is 0.785. The smallest absolute Gasteiger partial charge is 0.0377 e. The van der Waals surface area contributed by atoms with Crippen molar-refractivity contribution in [1.29, 1.82) is 0 Å². The molecule has 2 heteroatoms. The Balaban J connectivity index is 2.03. The van der Waals surface area contributed by atoms with Crippen LogP contribution in [0.2, 0.25) is 0 Å². The largest absolute Gasteiger partial charge is 0.384 e. The van der Waals surface area contributed by atoms with E-state index < -0.39 is 0 Å². The lowest BCUT2D eigenvalue weighted by Crippen LogP contribution is -2.03. The molecule has 1 saturated carbocycles. The highest BCUT2D eigenvalue weighted by molar-refractivity contribution is 9.10. The molecule has 1 nitrogen and oxygen atoms in total. The molecule has 1 atom stereocenters. The van der Waals surface area contributed by atoms with Gasteiger partial charge in [0.15, 0.2) is 0 Å². The van der Waals surface area contributed by atoms with E-state index in [1.165, 1.54) is 28.6 Å². The van der Waals surface area contributed by atoms with Crippen LogP contribution < -0.4 is 5.32 Å². The average Bonchev–Trinajstić information content (AvgIpc) is 2.87. The van der Waals surface area contributed by atoms with Crippen LogP contribution in [0.25, 0.3) is 0 Å². The highest BCUT2D eigenvalue weighted by Gasteiger charge is 2.36. The normalized spacial score (nSPS) is 25.5. The molecule has 68 valence electrons. The Hall–Kier alpha value is -0.500. The molecule has 1 aromatic rings. The Kier molecular flexibility index (Phi) is 1.66. The van der Waals surface area contributed by atoms with E-state index in [9.17, 15) is 0 Å². The first-order chi connectivity index (χ1) is 6.34. The molecule has 1 heterocycles. The van der Waals surface area contributed by atoms with Crippen molar-refractivity contribution in [2.45, 2.75) is 18.8 Å². The van der Waals surface area contributed by atoms with Gasteiger partial charge in [0.2, 0.25) is 0 Å². The van der Waals surface area contributed by atoms with E-state index in [4.69, 9.17) is 0 Å². The van der Waals surface area contributed by atoms with Gasteiger partial charge in [-0.1, -0.05) is 15.9 Å². The molecular weight excluding hydrogens is 226 g/mol. The monoisotopic (exact) mass is 237 g/mol. The topological polar surface area (TPSA) is 12.0 Å². The van der Waals surface area contributed by atoms with Gasteiger partial charge in [-0.05, 0) is 42.5 Å². The molecule has 13 heavy (non-hydrogen) atoms. The van der Waals surface area contributed by atoms with Gasteiger partial charge in [-0.25, -0.2) is 0 Å². The molecule has 0 bridgehead atoms. The molecular formula is C11H12BrN. The van der Waals surface area contributed by atoms with Crippen molar-refractivity contribution in [2.75, 3.05) is 11.9 Å². The molecule has 0 aromatic heterocycles. The van der Waals surface area contributed by atoms with Crippen molar-refractivity contribution in [1.82, 2.24) is 0 Å². The van der Waals surface area contributed by atoms with Crippen molar-refractivity contribution in [3.05, 3.63) is 28.2 Å². The molecule has 0 saturated heterocycles. The zero-order chi connectivity index (χ0) is 8.84. The van der Waals surface area contributed by atoms with Gasteiger partial charge in [0, 0.05) is 22.6 Å². The van der Waals surface area contributed by atoms with E-state index in [2.05, 4.69) is 39.4 Å². The standard InChI is InChI=1S/C11H12BrN/c12-8-3-4-11-9(5-8)10(6-13-11)7-1-2-7/h3-5,7,10,13H,1-2,6H2. The molecule has 0 spiro atoms. The first kappa shape index (κ1) is 7.86. The fourth-order valence-electron chi connectivity index (χ4n) is 2.25. The highest BCUT2D eigenvalue weighted by Crippen LogP contribution is 2.47. The molecule has 3 rings (SSSR count). The van der Waals surface area contributed by atoms with Crippen LogP contribution in [-0.2, 0) is 0 Å². The molecule has 1 aliphatic heterocycles. The first-order valence-corrected chi connectivity index (χ1v) is 5.67. The predicted octanol–water partition coefficient (Wildman–Crippen LogP) is 3.37. The van der Waals surface area contributed by atoms with Crippen molar-refractivity contribution in [2.24, 2.45) is 5.92 Å². The van der Waals surface area contributed by atoms with Crippen LogP contribution in [0.1, 0.15) is 24.3 Å². The number of fused-ring (bicyclic) bond motifs is 1. The van der Waals surface area contributed by atoms with Crippen molar-refractivity contribution in [3.8, 4) is 0 Å². The minimum Gasteiger partial charge on any atom is -0.384 e. The van der Waals surface area contributed by atoms with Gasteiger partial charge in [0.1, 0.15) is 0 Å². The fraction of sp³-hybridized carbons (Fsp3) is 0.455. The van der Waals surface area contributed by atoms with E-state index in [-0.39, 0.29) is 0 Å². The number of halogens is 1. The molecule has 0 amide bonds. The van der Waals surface area contributed by atoms with E-state index in [1.807, 2.05) is 0 Å². The lowest BCUT2D eigenvalue weighted by atomic mass is 9.97. The Morgan fingerprint density at radius 1 is 1.31 bits per heavy atom. The third-order valence-corrected chi connectivity index (χ3v) is 3.61. The van der Waals surface area contributed by atoms with Crippen molar-refractivity contribution in [3.63, 3.8) is 0 Å². The first-order valence-electron chi connectivity index (χ1n) is 4.88. The highest BCUT2D eigenvalue weighted by atomic mass is 79.9. The molecule has 2 aliphatic rings. The van der Waals surface area contributed by atoms with Crippen molar-refractivity contribution < 1.29 is 0 Å². The maximum atomic E-state index is 3.53. The Morgan fingerprint density at radius 2 is 2.15 bits per heavy atom. The number of nitrogens with one attached hydrogen (secondary N) is 1. The van der Waals surface area contributed by atoms with E-state index in [1.54, 1.807) is 0 Å². The number of benzene rings is 1. The van der Waals surface area contributed by atoms with Crippen LogP contribution in [0, 0.1) is 5.92 Å². The summed E-state index contributed by atoms with van der Waals surface area (Å²) < 4.78 is 1.21. The predicted molar refractivity (Wildman–Crippen MR) is 58.1 cm³/mol. The van der Waals surface area contributed by atoms with Crippen LogP contribution in [0.15, 0.2) is 22.7 Å². The molecule has 1 aromatic carbocycles. The van der Waals surface area contributed by atoms with Gasteiger partial charge in [-0.3, -0.25) is 0 Å². The average molecular weight is 238 g/mol. The third kappa shape index (κ3) is 1.28. The molecule has 1 unspecified atom stereocenters. The van der Waals surface area contributed by atoms with Crippen molar-refractivity contribution >= 4 is 21.6 Å². The van der Waals surface area contributed by atoms with Crippen LogP contribution in [0.3, 0.4) is 0 Å². The fourth-order valence-corrected chi connectivity index (χ4v) is 2.63. The second kappa shape index (κ2) is 2.74. The van der Waals surface area contributed by atoms with Crippen LogP contribution in [0.5, 0.6) is 0 Å². The Bertz CT molecular complexity index is 344. The summed E-state index contributed by atoms with van der Waals surface area (Å²) in [5, 5.41) is 3.48. The zero-order valence-corrected chi connectivity index (χ0v) is 8.97. The van der Waals surface area contributed by atoms with Crippen LogP contribution in [-0.4, -0.2) is 6.54 Å². The molecule has 1 fully saturated rings. The number of hydrogen-bond donors (Lipinski definition) is 1. The van der Waals surface area contributed by atoms with Gasteiger partial charge in [0.05, 0.1) is 0 Å². The number of rotatable bonds is 1. The van der Waals surface area contributed by atoms with Gasteiger partial charge in [0.25, 0.3) is 0 Å². The molecule has 1 N–H and O–H groups in total. The zero-order valence-electron chi connectivity index (χ0n) is 7.39. The molecule has 0 radical (unpaired) electrons. The van der Waals surface area contributed by atoms with Crippen LogP contribution in [0.4, 0.5) is 5.69 Å². The summed E-state index contributed by atoms with van der Waals surface area (Å²) in [5.74, 6) is 1.75. The second-order valence-electron chi connectivity index (χ2n) is 4.06. The van der Waals surface area contributed by atoms with Gasteiger partial charge >= 0.3 is 0 Å². The Morgan fingerprint density at radius 3 is 2.92 bits per heavy atom. The maximum absolute atomic E-state index is 3.53. The quantitative estimate of drug-likeness (QED) is 0.790. The molecule has 1 aliphatic carbocycles. The lowest BCUT2D eigenvalue weighted by Gasteiger charge is -2.07. The number of anilines is 1. The summed E-state index contributed by atoms with van der Waals surface area (Å²) >= 11 is 3.53. The number of hydrogen-bond acceptors (Lipinski definition) is 1. The summed E-state index contributed by atoms with van der Waals surface area (Å²) in [4.78, 5) is 0. The summed E-state index contributed by atoms with van der Waals surface area (Å²) in [6, 6.07) is 6.57. The second-order valence-corrected chi connectivity index (χ2v) is 4.97. The van der Waals surface area contributed by atoms with E-state index >= 15 is 0 Å².